The summed E-state index contributed by atoms with van der Waals surface area (Å²) in [6, 6.07) is 16.2. The molecule has 0 unspecified atom stereocenters. The second-order valence-electron chi connectivity index (χ2n) is 21.0. The number of fused-ring (bicyclic) bond motifs is 2. The average molecular weight is 947 g/mol. The molecule has 15 heteroatoms. The Kier molecular flexibility index (Phi) is 16.6. The topological polar surface area (TPSA) is 201 Å². The zero-order chi connectivity index (χ0) is 49.6. The van der Waals surface area contributed by atoms with Crippen molar-refractivity contribution >= 4 is 36.7 Å². The highest BCUT2D eigenvalue weighted by atomic mass is 16.7. The number of amides is 5. The molecule has 0 radical (unpaired) electrons. The lowest BCUT2D eigenvalue weighted by atomic mass is 9.43. The number of hydrogen-bond acceptors (Lipinski definition) is 9. The minimum absolute atomic E-state index is 0.0488. The molecule has 1 saturated heterocycles. The Hall–Kier alpha value is -5.25. The Morgan fingerprint density at radius 1 is 0.913 bits per heavy atom. The molecule has 7 N–H and O–H groups in total. The summed E-state index contributed by atoms with van der Waals surface area (Å²) < 4.78 is 13.1. The van der Waals surface area contributed by atoms with E-state index < -0.39 is 66.5 Å². The van der Waals surface area contributed by atoms with Crippen LogP contribution in [0.2, 0.25) is 0 Å². The number of phenolic OH excluding ortho intramolecular Hbond substituents is 1. The maximum absolute atomic E-state index is 14.7. The summed E-state index contributed by atoms with van der Waals surface area (Å²) >= 11 is 0. The van der Waals surface area contributed by atoms with Gasteiger partial charge in [0.2, 0.25) is 23.6 Å². The Bertz CT molecular complexity index is 2310. The highest BCUT2D eigenvalue weighted by molar-refractivity contribution is 6.47. The number of carbonyl (C=O) groups is 5. The van der Waals surface area contributed by atoms with Crippen LogP contribution in [0.15, 0.2) is 66.7 Å². The molecule has 3 aliphatic carbocycles. The van der Waals surface area contributed by atoms with Gasteiger partial charge in [-0.3, -0.25) is 24.0 Å². The van der Waals surface area contributed by atoms with E-state index in [9.17, 15) is 29.1 Å². The average Bonchev–Trinajstić information content (AvgIpc) is 3.70. The molecule has 0 spiro atoms. The van der Waals surface area contributed by atoms with E-state index >= 15 is 0 Å². The lowest BCUT2D eigenvalue weighted by Gasteiger charge is -2.64. The number of carbonyl (C=O) groups excluding carboxylic acids is 5. The first-order valence-electron chi connectivity index (χ1n) is 25.5. The Labute approximate surface area is 409 Å². The van der Waals surface area contributed by atoms with Crippen LogP contribution in [-0.4, -0.2) is 96.0 Å². The lowest BCUT2D eigenvalue weighted by Crippen LogP contribution is -2.65. The van der Waals surface area contributed by atoms with Crippen LogP contribution in [0.4, 0.5) is 0 Å². The number of unbranched alkanes of at least 4 members (excludes halogenated alkanes) is 2. The van der Waals surface area contributed by atoms with Gasteiger partial charge < -0.3 is 46.3 Å². The van der Waals surface area contributed by atoms with Gasteiger partial charge in [0, 0.05) is 12.6 Å². The van der Waals surface area contributed by atoms with Gasteiger partial charge in [0.05, 0.1) is 17.6 Å². The third-order valence-electron chi connectivity index (χ3n) is 15.8. The fraction of sp³-hybridized carbons (Fsp3) is 0.574. The van der Waals surface area contributed by atoms with Crippen LogP contribution in [-0.2, 0) is 41.3 Å². The zero-order valence-corrected chi connectivity index (χ0v) is 41.8. The van der Waals surface area contributed by atoms with Crippen molar-refractivity contribution in [1.82, 2.24) is 26.2 Å². The molecule has 8 rings (SSSR count). The number of nitrogens with zero attached hydrogens (tertiary/aromatic N) is 1. The van der Waals surface area contributed by atoms with E-state index in [1.54, 1.807) is 24.3 Å². The lowest BCUT2D eigenvalue weighted by molar-refractivity contribution is -0.199. The van der Waals surface area contributed by atoms with Crippen LogP contribution in [0.25, 0.3) is 11.1 Å². The molecule has 5 amide bonds. The first-order valence-corrected chi connectivity index (χ1v) is 25.5. The summed E-state index contributed by atoms with van der Waals surface area (Å²) in [6.45, 7) is 12.7. The minimum Gasteiger partial charge on any atom is -0.508 e. The van der Waals surface area contributed by atoms with Gasteiger partial charge >= 0.3 is 7.12 Å². The molecule has 9 atom stereocenters. The molecule has 2 heterocycles. The number of nitrogens with one attached hydrogen (secondary N) is 4. The number of likely N-dealkylation sites (N-methyl/N-ethyl adjacent to an activating group) is 1. The normalized spacial score (nSPS) is 26.4. The van der Waals surface area contributed by atoms with Crippen LogP contribution < -0.4 is 27.0 Å². The summed E-state index contributed by atoms with van der Waals surface area (Å²) in [4.78, 5) is 72.3. The van der Waals surface area contributed by atoms with Crippen LogP contribution in [0.3, 0.4) is 0 Å². The van der Waals surface area contributed by atoms with Crippen molar-refractivity contribution in [3.63, 3.8) is 0 Å². The largest absolute Gasteiger partial charge is 0.508 e. The number of hydrogen-bond donors (Lipinski definition) is 6. The molecule has 14 nitrogen and oxygen atoms in total. The number of rotatable bonds is 15. The Morgan fingerprint density at radius 3 is 2.30 bits per heavy atom. The quantitative estimate of drug-likeness (QED) is 0.0708. The smallest absolute Gasteiger partial charge is 0.481 e. The van der Waals surface area contributed by atoms with E-state index in [4.69, 9.17) is 15.0 Å². The van der Waals surface area contributed by atoms with Crippen molar-refractivity contribution in [2.45, 2.75) is 167 Å². The van der Waals surface area contributed by atoms with E-state index in [0.717, 1.165) is 43.2 Å². The number of nitrogens with two attached hydrogens (primary N) is 1. The molecule has 3 saturated carbocycles. The first kappa shape index (κ1) is 51.6. The predicted molar refractivity (Wildman–Crippen MR) is 268 cm³/mol. The number of aromatic hydroxyl groups is 1. The molecular weight excluding hydrogens is 871 g/mol. The third-order valence-corrected chi connectivity index (χ3v) is 15.8. The van der Waals surface area contributed by atoms with Gasteiger partial charge in [-0.05, 0) is 161 Å². The predicted octanol–water partition coefficient (Wildman–Crippen LogP) is 6.71. The SMILES string of the molecule is CCCCc1ccc(-c2ccc(C(=O)N[C@@H](CCCCN)C(=O)N(C)[C@@H]3C(=O)N[C@@H](C)C(=O)N[C@H](C(=O)N[C@@H](C)B4O[C@@H]5C[C@@H]6C[C@@H](C6(C)C)[C@]5(C)O4)CCCCCc4cc3ccc4O)cc2)cc1. The second kappa shape index (κ2) is 22.2. The molecule has 2 aliphatic heterocycles. The molecule has 69 heavy (non-hydrogen) atoms. The molecule has 4 fully saturated rings. The highest BCUT2D eigenvalue weighted by Crippen LogP contribution is 2.65. The summed E-state index contributed by atoms with van der Waals surface area (Å²) in [6.07, 6.45) is 9.47. The van der Waals surface area contributed by atoms with Crippen LogP contribution in [0.1, 0.15) is 145 Å². The van der Waals surface area contributed by atoms with Crippen LogP contribution in [0.5, 0.6) is 5.75 Å². The van der Waals surface area contributed by atoms with E-state index in [1.807, 2.05) is 19.1 Å². The van der Waals surface area contributed by atoms with Crippen molar-refractivity contribution in [2.24, 2.45) is 23.0 Å². The number of phenols is 1. The first-order chi connectivity index (χ1) is 32.9. The molecule has 372 valence electrons. The van der Waals surface area contributed by atoms with Crippen molar-refractivity contribution < 1.29 is 38.4 Å². The van der Waals surface area contributed by atoms with Crippen molar-refractivity contribution in [1.29, 1.82) is 0 Å². The third kappa shape index (κ3) is 11.5. The maximum Gasteiger partial charge on any atom is 0.481 e. The second-order valence-corrected chi connectivity index (χ2v) is 21.0. The van der Waals surface area contributed by atoms with E-state index in [0.29, 0.717) is 80.0 Å². The van der Waals surface area contributed by atoms with Crippen LogP contribution in [0, 0.1) is 17.3 Å². The summed E-state index contributed by atoms with van der Waals surface area (Å²) in [7, 11) is 0.861. The minimum atomic E-state index is -1.26. The number of benzene rings is 3. The number of aryl methyl sites for hydroxylation is 2. The van der Waals surface area contributed by atoms with Crippen molar-refractivity contribution in [3.8, 4) is 16.9 Å². The summed E-state index contributed by atoms with van der Waals surface area (Å²) in [5.74, 6) is -2.05. The Morgan fingerprint density at radius 2 is 1.62 bits per heavy atom. The van der Waals surface area contributed by atoms with E-state index in [-0.39, 0.29) is 29.6 Å². The molecule has 5 aliphatic rings. The van der Waals surface area contributed by atoms with E-state index in [1.165, 1.54) is 30.5 Å². The zero-order valence-electron chi connectivity index (χ0n) is 41.8. The van der Waals surface area contributed by atoms with Gasteiger partial charge in [-0.1, -0.05) is 82.5 Å². The van der Waals surface area contributed by atoms with E-state index in [2.05, 4.69) is 73.2 Å². The van der Waals surface area contributed by atoms with Gasteiger partial charge in [0.15, 0.2) is 0 Å². The summed E-state index contributed by atoms with van der Waals surface area (Å²) in [5, 5.41) is 22.7. The monoisotopic (exact) mass is 947 g/mol. The van der Waals surface area contributed by atoms with Gasteiger partial charge in [-0.15, -0.1) is 0 Å². The van der Waals surface area contributed by atoms with Gasteiger partial charge in [-0.25, -0.2) is 0 Å². The van der Waals surface area contributed by atoms with Gasteiger partial charge in [-0.2, -0.15) is 0 Å². The molecular formula is C54H75BN6O8. The van der Waals surface area contributed by atoms with Gasteiger partial charge in [0.25, 0.3) is 5.91 Å². The molecule has 3 aromatic rings. The van der Waals surface area contributed by atoms with Gasteiger partial charge in [0.1, 0.15) is 29.9 Å². The standard InChI is InChI=1S/C54H75BN6O8/c1-8-9-15-35-19-21-36(22-20-35)37-23-25-38(26-24-37)49(64)60-43(18-13-14-29-56)52(67)61(7)47-40-27-28-44(62)39(30-40)16-11-10-12-17-42(59-48(63)33(2)57-51(47)66)50(65)58-34(3)55-68-46-32-41-31-45(53(41,4)5)54(46,6)69-55/h19-28,30,33-34,41-43,45-47,62H,8-18,29,31-32,56H2,1-7H3,(H,57,66)(H,58,65)(H,59,63)(H,60,64)/t33-,34-,41-,42-,43-,45-,46+,47-,54-/m0/s1. The molecule has 4 bridgehead atoms. The van der Waals surface area contributed by atoms with Crippen molar-refractivity contribution in [2.75, 3.05) is 13.6 Å². The summed E-state index contributed by atoms with van der Waals surface area (Å²) in [5.41, 5.74) is 10.3. The fourth-order valence-corrected chi connectivity index (χ4v) is 11.2. The van der Waals surface area contributed by atoms with Crippen molar-refractivity contribution in [3.05, 3.63) is 89.0 Å². The Balaban J connectivity index is 1.05. The molecule has 0 aromatic heterocycles. The highest BCUT2D eigenvalue weighted by Gasteiger charge is 2.68. The molecule has 3 aromatic carbocycles. The van der Waals surface area contributed by atoms with Crippen LogP contribution >= 0.6 is 0 Å². The fourth-order valence-electron chi connectivity index (χ4n) is 11.2. The maximum atomic E-state index is 14.7.